The molecule has 3 aromatic rings. The van der Waals surface area contributed by atoms with Crippen LogP contribution in [0.5, 0.6) is 0 Å². The smallest absolute Gasteiger partial charge is 0.237 e. The van der Waals surface area contributed by atoms with E-state index in [9.17, 15) is 0 Å². The highest BCUT2D eigenvalue weighted by Crippen LogP contribution is 2.19. The Hall–Kier alpha value is -2.28. The van der Waals surface area contributed by atoms with E-state index in [1.807, 2.05) is 12.5 Å². The van der Waals surface area contributed by atoms with Crippen molar-refractivity contribution >= 4 is 29.4 Å². The van der Waals surface area contributed by atoms with Crippen LogP contribution in [0.3, 0.4) is 0 Å². The number of nitrogens with zero attached hydrogens (tertiary/aromatic N) is 2. The minimum Gasteiger partial charge on any atom is -0.350 e. The molecule has 1 aliphatic heterocycles. The first-order valence-corrected chi connectivity index (χ1v) is 12.4. The molecule has 0 spiro atoms. The second kappa shape index (κ2) is 12.7. The van der Waals surface area contributed by atoms with Crippen LogP contribution >= 0.6 is 11.8 Å². The number of thioether (sulfide) groups is 1. The van der Waals surface area contributed by atoms with E-state index < -0.39 is 0 Å². The summed E-state index contributed by atoms with van der Waals surface area (Å²) >= 11 is 1.79. The molecule has 1 unspecified atom stereocenters. The zero-order valence-electron chi connectivity index (χ0n) is 19.3. The Morgan fingerprint density at radius 1 is 1.16 bits per heavy atom. The van der Waals surface area contributed by atoms with Crippen LogP contribution in [0.15, 0.2) is 90.3 Å². The third-order valence-corrected chi connectivity index (χ3v) is 6.45. The van der Waals surface area contributed by atoms with Gasteiger partial charge >= 0.3 is 0 Å². The van der Waals surface area contributed by atoms with Crippen LogP contribution in [0, 0.1) is 5.92 Å². The normalized spacial score (nSPS) is 14.5. The summed E-state index contributed by atoms with van der Waals surface area (Å²) in [6.45, 7) is 11.1. The van der Waals surface area contributed by atoms with Gasteiger partial charge in [-0.15, -0.1) is 23.8 Å². The van der Waals surface area contributed by atoms with Crippen LogP contribution in [0.25, 0.3) is 0 Å². The Balaban J connectivity index is 0.000000186. The molecule has 6 heteroatoms. The summed E-state index contributed by atoms with van der Waals surface area (Å²) < 4.78 is 13.1. The third kappa shape index (κ3) is 6.61. The lowest BCUT2D eigenvalue weighted by Gasteiger charge is -2.20. The molecule has 0 aliphatic carbocycles. The van der Waals surface area contributed by atoms with E-state index in [1.54, 1.807) is 18.0 Å². The summed E-state index contributed by atoms with van der Waals surface area (Å²) in [5.74, 6) is 0.423. The summed E-state index contributed by atoms with van der Waals surface area (Å²) in [7, 11) is 0. The molecule has 4 rings (SSSR count). The highest BCUT2D eigenvalue weighted by molar-refractivity contribution is 7.98. The van der Waals surface area contributed by atoms with E-state index in [0.29, 0.717) is 5.92 Å². The van der Waals surface area contributed by atoms with E-state index >= 15 is 0 Å². The number of imidazole rings is 1. The molecule has 1 atom stereocenters. The van der Waals surface area contributed by atoms with Gasteiger partial charge in [-0.2, -0.15) is 0 Å². The summed E-state index contributed by atoms with van der Waals surface area (Å²) in [6.07, 6.45) is 8.75. The zero-order chi connectivity index (χ0) is 22.8. The molecule has 32 heavy (non-hydrogen) atoms. The van der Waals surface area contributed by atoms with Gasteiger partial charge in [0.05, 0.1) is 19.5 Å². The number of rotatable bonds is 8. The van der Waals surface area contributed by atoms with E-state index in [-0.39, 0.29) is 13.0 Å². The molecule has 4 nitrogen and oxygen atoms in total. The predicted molar refractivity (Wildman–Crippen MR) is 136 cm³/mol. The molecule has 0 radical (unpaired) electrons. The number of allylic oxidation sites excluding steroid dienone is 1. The van der Waals surface area contributed by atoms with Crippen molar-refractivity contribution < 1.29 is 9.47 Å². The summed E-state index contributed by atoms with van der Waals surface area (Å²) in [6, 6.07) is 19.2. The Labute approximate surface area is 197 Å². The highest BCUT2D eigenvalue weighted by Gasteiger charge is 2.25. The molecule has 168 valence electrons. The Bertz CT molecular complexity index is 943. The Kier molecular flexibility index (Phi) is 9.66. The van der Waals surface area contributed by atoms with Gasteiger partial charge in [-0.25, -0.2) is 4.98 Å². The molecule has 0 amide bonds. The van der Waals surface area contributed by atoms with Gasteiger partial charge in [-0.05, 0) is 18.7 Å². The first kappa shape index (κ1) is 24.4. The van der Waals surface area contributed by atoms with Gasteiger partial charge in [-0.3, -0.25) is 0 Å². The number of benzene rings is 2. The fourth-order valence-electron chi connectivity index (χ4n) is 4.00. The van der Waals surface area contributed by atoms with Crippen LogP contribution in [-0.2, 0) is 16.0 Å². The molecule has 1 saturated heterocycles. The van der Waals surface area contributed by atoms with Gasteiger partial charge < -0.3 is 14.0 Å². The van der Waals surface area contributed by atoms with Crippen LogP contribution in [0.2, 0.25) is 0 Å². The van der Waals surface area contributed by atoms with E-state index in [2.05, 4.69) is 90.8 Å². The van der Waals surface area contributed by atoms with Gasteiger partial charge in [0, 0.05) is 29.8 Å². The lowest BCUT2D eigenvalue weighted by atomic mass is 9.37. The average Bonchev–Trinajstić information content (AvgIpc) is 3.53. The quantitative estimate of drug-likeness (QED) is 0.378. The molecule has 2 heterocycles. The minimum absolute atomic E-state index is 0.0256. The summed E-state index contributed by atoms with van der Waals surface area (Å²) in [5.41, 5.74) is 3.85. The summed E-state index contributed by atoms with van der Waals surface area (Å²) in [4.78, 5) is 5.35. The van der Waals surface area contributed by atoms with Gasteiger partial charge in [0.25, 0.3) is 0 Å². The van der Waals surface area contributed by atoms with E-state index in [1.165, 1.54) is 21.3 Å². The number of hydrogen-bond acceptors (Lipinski definition) is 4. The topological polar surface area (TPSA) is 36.3 Å². The van der Waals surface area contributed by atoms with E-state index in [4.69, 9.17) is 9.47 Å². The lowest BCUT2D eigenvalue weighted by Crippen LogP contribution is -2.44. The fraction of sp³-hybridized carbons (Fsp3) is 0.346. The zero-order valence-corrected chi connectivity index (χ0v) is 20.1. The highest BCUT2D eigenvalue weighted by atomic mass is 32.2. The largest absolute Gasteiger partial charge is 0.350 e. The standard InChI is InChI=1S/C16H17BS.C10H16N2O2/c1-13(2)17(14-9-5-4-6-10-14)15-11-7-8-12-16(15)18-3;1-2-9(10-13-5-6-14-10)7-12-4-3-11-8-12/h4-12H,1H2,2-3H3;3-4,8-10H,2,5-7H2,1H3. The molecule has 1 aromatic heterocycles. The molecule has 0 bridgehead atoms. The van der Waals surface area contributed by atoms with Crippen LogP contribution in [0.4, 0.5) is 0 Å². The second-order valence-electron chi connectivity index (χ2n) is 7.97. The maximum absolute atomic E-state index is 5.50. The number of aromatic nitrogens is 2. The Morgan fingerprint density at radius 3 is 2.44 bits per heavy atom. The average molecular weight is 448 g/mol. The minimum atomic E-state index is -0.0256. The van der Waals surface area contributed by atoms with Crippen molar-refractivity contribution in [3.63, 3.8) is 0 Å². The van der Waals surface area contributed by atoms with Crippen LogP contribution < -0.4 is 10.9 Å². The van der Waals surface area contributed by atoms with Crippen LogP contribution in [-0.4, -0.2) is 42.0 Å². The third-order valence-electron chi connectivity index (χ3n) is 5.64. The monoisotopic (exact) mass is 448 g/mol. The predicted octanol–water partition coefficient (Wildman–Crippen LogP) is 4.42. The first-order valence-electron chi connectivity index (χ1n) is 11.2. The molecular formula is C26H33BN2O2S. The lowest BCUT2D eigenvalue weighted by molar-refractivity contribution is -0.0884. The maximum atomic E-state index is 5.50. The van der Waals surface area contributed by atoms with Crippen molar-refractivity contribution in [2.24, 2.45) is 5.92 Å². The van der Waals surface area contributed by atoms with Crippen molar-refractivity contribution in [2.75, 3.05) is 19.5 Å². The Morgan fingerprint density at radius 2 is 1.84 bits per heavy atom. The van der Waals surface area contributed by atoms with Gasteiger partial charge in [0.2, 0.25) is 6.71 Å². The number of hydrogen-bond donors (Lipinski definition) is 0. The van der Waals surface area contributed by atoms with Gasteiger partial charge in [-0.1, -0.05) is 73.3 Å². The van der Waals surface area contributed by atoms with E-state index in [0.717, 1.165) is 26.2 Å². The SMILES string of the molecule is C=C(C)B(c1ccccc1)c1ccccc1SC.CCC(Cn1ccnc1)C1OCCO1. The molecule has 2 aromatic carbocycles. The number of ether oxygens (including phenoxy) is 2. The molecule has 1 fully saturated rings. The van der Waals surface area contributed by atoms with Gasteiger partial charge in [0.15, 0.2) is 6.29 Å². The maximum Gasteiger partial charge on any atom is 0.237 e. The molecule has 1 aliphatic rings. The molecule has 0 N–H and O–H groups in total. The van der Waals surface area contributed by atoms with Crippen LogP contribution in [0.1, 0.15) is 20.3 Å². The van der Waals surface area contributed by atoms with Crippen molar-refractivity contribution in [3.8, 4) is 0 Å². The van der Waals surface area contributed by atoms with Crippen molar-refractivity contribution in [2.45, 2.75) is 38.0 Å². The summed E-state index contributed by atoms with van der Waals surface area (Å²) in [5, 5.41) is 0. The molecular weight excluding hydrogens is 415 g/mol. The van der Waals surface area contributed by atoms with Gasteiger partial charge in [0.1, 0.15) is 0 Å². The molecule has 0 saturated carbocycles. The van der Waals surface area contributed by atoms with Crippen molar-refractivity contribution in [3.05, 3.63) is 85.4 Å². The first-order chi connectivity index (χ1) is 15.6. The fourth-order valence-corrected chi connectivity index (χ4v) is 4.64. The van der Waals surface area contributed by atoms with Crippen molar-refractivity contribution in [1.82, 2.24) is 9.55 Å². The van der Waals surface area contributed by atoms with Crippen molar-refractivity contribution in [1.29, 1.82) is 0 Å². The second-order valence-corrected chi connectivity index (χ2v) is 8.82.